The lowest BCUT2D eigenvalue weighted by Gasteiger charge is -2.37. The van der Waals surface area contributed by atoms with E-state index in [1.165, 1.54) is 57.8 Å². The van der Waals surface area contributed by atoms with Gasteiger partial charge in [0, 0.05) is 8.80 Å². The summed E-state index contributed by atoms with van der Waals surface area (Å²) < 4.78 is 41.5. The van der Waals surface area contributed by atoms with Crippen molar-refractivity contribution in [3.05, 3.63) is 41.9 Å². The van der Waals surface area contributed by atoms with Gasteiger partial charge in [0.05, 0.1) is 0 Å². The van der Waals surface area contributed by atoms with E-state index in [0.717, 1.165) is 36.2 Å². The molecule has 1 aromatic carbocycles. The molecule has 0 bridgehead atoms. The molecule has 1 aliphatic heterocycles. The standard InChI is InChI=1S/C28H43F3OSi/c1-2-3-6-19-33-20-17-25(18-21-33)24-13-9-22(10-14-24)7-4-5-8-23-11-15-26(16-12-23)32-28(31)27(29)30/h11-12,15-16,22,24-25,33H,2-10,13-14,17-21H2,1H3. The van der Waals surface area contributed by atoms with E-state index < -0.39 is 12.1 Å². The molecule has 0 atom stereocenters. The van der Waals surface area contributed by atoms with Gasteiger partial charge in [-0.2, -0.15) is 13.2 Å². The van der Waals surface area contributed by atoms with Gasteiger partial charge < -0.3 is 4.74 Å². The third kappa shape index (κ3) is 9.14. The fraction of sp³-hybridized carbons (Fsp3) is 0.714. The number of rotatable bonds is 12. The lowest BCUT2D eigenvalue weighted by molar-refractivity contribution is 0.184. The summed E-state index contributed by atoms with van der Waals surface area (Å²) in [5.41, 5.74) is 1.14. The highest BCUT2D eigenvalue weighted by Gasteiger charge is 2.30. The van der Waals surface area contributed by atoms with Gasteiger partial charge in [0.2, 0.25) is 0 Å². The van der Waals surface area contributed by atoms with E-state index in [2.05, 4.69) is 11.7 Å². The molecule has 0 unspecified atom stereocenters. The van der Waals surface area contributed by atoms with Crippen LogP contribution in [0.25, 0.3) is 0 Å². The van der Waals surface area contributed by atoms with Gasteiger partial charge in [-0.25, -0.2) is 0 Å². The van der Waals surface area contributed by atoms with Crippen molar-refractivity contribution in [3.63, 3.8) is 0 Å². The van der Waals surface area contributed by atoms with Gasteiger partial charge in [-0.1, -0.05) is 95.0 Å². The Kier molecular flexibility index (Phi) is 11.4. The van der Waals surface area contributed by atoms with Crippen molar-refractivity contribution >= 4 is 8.80 Å². The zero-order valence-electron chi connectivity index (χ0n) is 20.5. The van der Waals surface area contributed by atoms with Crippen LogP contribution in [-0.4, -0.2) is 8.80 Å². The van der Waals surface area contributed by atoms with Crippen molar-refractivity contribution in [1.82, 2.24) is 0 Å². The van der Waals surface area contributed by atoms with Gasteiger partial charge in [-0.3, -0.25) is 0 Å². The molecule has 1 aromatic rings. The lowest BCUT2D eigenvalue weighted by atomic mass is 9.73. The number of hydrogen-bond acceptors (Lipinski definition) is 1. The van der Waals surface area contributed by atoms with Crippen LogP contribution < -0.4 is 4.74 Å². The molecular weight excluding hydrogens is 437 g/mol. The second kappa shape index (κ2) is 14.2. The molecule has 1 heterocycles. The number of halogens is 3. The van der Waals surface area contributed by atoms with Crippen LogP contribution >= 0.6 is 0 Å². The molecule has 33 heavy (non-hydrogen) atoms. The molecule has 1 saturated carbocycles. The minimum absolute atomic E-state index is 0.105. The van der Waals surface area contributed by atoms with Crippen LogP contribution in [0.15, 0.2) is 36.4 Å². The second-order valence-corrected chi connectivity index (χ2v) is 14.0. The first-order valence-electron chi connectivity index (χ1n) is 13.5. The Balaban J connectivity index is 1.26. The van der Waals surface area contributed by atoms with Crippen molar-refractivity contribution in [2.75, 3.05) is 0 Å². The van der Waals surface area contributed by atoms with Gasteiger partial charge in [-0.15, -0.1) is 0 Å². The first-order valence-corrected chi connectivity index (χ1v) is 16.0. The van der Waals surface area contributed by atoms with Crippen LogP contribution in [-0.2, 0) is 6.42 Å². The van der Waals surface area contributed by atoms with Gasteiger partial charge in [0.15, 0.2) is 0 Å². The zero-order valence-corrected chi connectivity index (χ0v) is 21.6. The minimum atomic E-state index is -2.43. The van der Waals surface area contributed by atoms with Crippen LogP contribution in [0.3, 0.4) is 0 Å². The van der Waals surface area contributed by atoms with Crippen LogP contribution in [0.1, 0.15) is 89.5 Å². The molecule has 0 N–H and O–H groups in total. The molecule has 3 rings (SSSR count). The molecule has 0 aromatic heterocycles. The van der Waals surface area contributed by atoms with Crippen LogP contribution in [0.5, 0.6) is 5.75 Å². The highest BCUT2D eigenvalue weighted by Crippen LogP contribution is 2.42. The summed E-state index contributed by atoms with van der Waals surface area (Å²) in [4.78, 5) is 0. The summed E-state index contributed by atoms with van der Waals surface area (Å²) in [5.74, 6) is 3.06. The Hall–Kier alpha value is -1.23. The summed E-state index contributed by atoms with van der Waals surface area (Å²) >= 11 is 0. The van der Waals surface area contributed by atoms with Crippen LogP contribution in [0, 0.1) is 17.8 Å². The normalized spacial score (nSPS) is 25.6. The smallest absolute Gasteiger partial charge is 0.344 e. The van der Waals surface area contributed by atoms with E-state index in [0.29, 0.717) is 0 Å². The molecule has 1 aliphatic carbocycles. The molecular formula is C28H43F3OSi. The number of unbranched alkanes of at least 4 members (excludes halogenated alkanes) is 3. The highest BCUT2D eigenvalue weighted by atomic mass is 28.3. The third-order valence-corrected chi connectivity index (χ3v) is 11.8. The number of ether oxygens (including phenoxy) is 1. The van der Waals surface area contributed by atoms with Crippen molar-refractivity contribution in [3.8, 4) is 5.75 Å². The molecule has 0 spiro atoms. The Labute approximate surface area is 200 Å². The minimum Gasteiger partial charge on any atom is -0.428 e. The predicted octanol–water partition coefficient (Wildman–Crippen LogP) is 9.45. The molecule has 0 radical (unpaired) electrons. The molecule has 1 nitrogen and oxygen atoms in total. The number of aryl methyl sites for hydroxylation is 1. The molecule has 186 valence electrons. The fourth-order valence-electron chi connectivity index (χ4n) is 6.21. The molecule has 5 heteroatoms. The SMILES string of the molecule is CCCCC[SiH]1CCC(C2CCC(CCCCc3ccc(OC(F)=C(F)F)cc3)CC2)CC1. The topological polar surface area (TPSA) is 9.23 Å². The van der Waals surface area contributed by atoms with E-state index in [-0.39, 0.29) is 14.5 Å². The largest absolute Gasteiger partial charge is 0.428 e. The monoisotopic (exact) mass is 480 g/mol. The Bertz CT molecular complexity index is 700. The maximum Gasteiger partial charge on any atom is 0.344 e. The average Bonchev–Trinajstić information content (AvgIpc) is 2.84. The molecule has 2 fully saturated rings. The van der Waals surface area contributed by atoms with Gasteiger partial charge in [-0.05, 0) is 61.1 Å². The third-order valence-electron chi connectivity index (χ3n) is 8.27. The van der Waals surface area contributed by atoms with E-state index in [1.54, 1.807) is 43.1 Å². The first-order chi connectivity index (χ1) is 16.0. The van der Waals surface area contributed by atoms with Gasteiger partial charge in [0.25, 0.3) is 0 Å². The second-order valence-electron chi connectivity index (χ2n) is 10.6. The maximum absolute atomic E-state index is 12.8. The summed E-state index contributed by atoms with van der Waals surface area (Å²) in [6.45, 7) is 2.31. The quantitative estimate of drug-likeness (QED) is 0.164. The van der Waals surface area contributed by atoms with Crippen LogP contribution in [0.4, 0.5) is 13.2 Å². The van der Waals surface area contributed by atoms with Gasteiger partial charge >= 0.3 is 12.1 Å². The Morgan fingerprint density at radius 3 is 2.15 bits per heavy atom. The number of benzene rings is 1. The lowest BCUT2D eigenvalue weighted by Crippen LogP contribution is -2.28. The van der Waals surface area contributed by atoms with Gasteiger partial charge in [0.1, 0.15) is 5.75 Å². The van der Waals surface area contributed by atoms with Crippen molar-refractivity contribution in [2.45, 2.75) is 109 Å². The van der Waals surface area contributed by atoms with Crippen LogP contribution in [0.2, 0.25) is 18.1 Å². The van der Waals surface area contributed by atoms with E-state index in [1.807, 2.05) is 12.1 Å². The van der Waals surface area contributed by atoms with E-state index >= 15 is 0 Å². The summed E-state index contributed by atoms with van der Waals surface area (Å²) in [7, 11) is -0.378. The fourth-order valence-corrected chi connectivity index (χ4v) is 9.74. The molecule has 0 amide bonds. The molecule has 2 aliphatic rings. The number of hydrogen-bond donors (Lipinski definition) is 0. The molecule has 1 saturated heterocycles. The van der Waals surface area contributed by atoms with Crippen molar-refractivity contribution in [2.24, 2.45) is 17.8 Å². The van der Waals surface area contributed by atoms with E-state index in [4.69, 9.17) is 0 Å². The summed E-state index contributed by atoms with van der Waals surface area (Å²) in [5, 5.41) is 0. The van der Waals surface area contributed by atoms with Crippen molar-refractivity contribution < 1.29 is 17.9 Å². The zero-order chi connectivity index (χ0) is 23.5. The Morgan fingerprint density at radius 1 is 0.848 bits per heavy atom. The van der Waals surface area contributed by atoms with Crippen molar-refractivity contribution in [1.29, 1.82) is 0 Å². The summed E-state index contributed by atoms with van der Waals surface area (Å²) in [6.07, 6.45) is 15.4. The predicted molar refractivity (Wildman–Crippen MR) is 134 cm³/mol. The first kappa shape index (κ1) is 26.4. The highest BCUT2D eigenvalue weighted by molar-refractivity contribution is 6.58. The Morgan fingerprint density at radius 2 is 1.52 bits per heavy atom. The maximum atomic E-state index is 12.8. The summed E-state index contributed by atoms with van der Waals surface area (Å²) in [6, 6.07) is 9.83. The average molecular weight is 481 g/mol. The van der Waals surface area contributed by atoms with E-state index in [9.17, 15) is 13.2 Å².